The number of amides is 1. The van der Waals surface area contributed by atoms with Gasteiger partial charge >= 0.3 is 0 Å². The fourth-order valence-corrected chi connectivity index (χ4v) is 4.03. The first-order valence-electron chi connectivity index (χ1n) is 9.51. The van der Waals surface area contributed by atoms with E-state index in [0.717, 1.165) is 30.5 Å². The smallest absolute Gasteiger partial charge is 0.292 e. The predicted molar refractivity (Wildman–Crippen MR) is 101 cm³/mol. The fourth-order valence-electron chi connectivity index (χ4n) is 4.03. The summed E-state index contributed by atoms with van der Waals surface area (Å²) in [7, 11) is 0. The summed E-state index contributed by atoms with van der Waals surface area (Å²) >= 11 is 0. The van der Waals surface area contributed by atoms with Crippen LogP contribution in [0.1, 0.15) is 53.9 Å². The number of aromatic amines is 1. The second-order valence-electron chi connectivity index (χ2n) is 7.23. The molecule has 1 saturated carbocycles. The van der Waals surface area contributed by atoms with Crippen LogP contribution in [-0.4, -0.2) is 33.5 Å². The average molecular weight is 351 g/mol. The van der Waals surface area contributed by atoms with Gasteiger partial charge in [-0.3, -0.25) is 4.79 Å². The van der Waals surface area contributed by atoms with Crippen LogP contribution in [0.15, 0.2) is 41.1 Å². The summed E-state index contributed by atoms with van der Waals surface area (Å²) in [5.74, 6) is 0.323. The normalized spacial score (nSPS) is 15.4. The van der Waals surface area contributed by atoms with Gasteiger partial charge in [0, 0.05) is 35.8 Å². The number of para-hydroxylation sites is 1. The topological polar surface area (TPSA) is 62.1 Å². The van der Waals surface area contributed by atoms with E-state index < -0.39 is 0 Å². The van der Waals surface area contributed by atoms with Crippen molar-refractivity contribution in [3.05, 3.63) is 53.5 Å². The second-order valence-corrected chi connectivity index (χ2v) is 7.23. The number of carbonyl (C=O) groups excluding carboxylic acids is 1. The number of aromatic nitrogens is 2. The van der Waals surface area contributed by atoms with Gasteiger partial charge in [0.2, 0.25) is 5.76 Å². The van der Waals surface area contributed by atoms with Gasteiger partial charge < -0.3 is 14.4 Å². The Morgan fingerprint density at radius 1 is 1.27 bits per heavy atom. The highest BCUT2D eigenvalue weighted by atomic mass is 16.5. The van der Waals surface area contributed by atoms with Gasteiger partial charge in [-0.2, -0.15) is 0 Å². The molecule has 0 spiro atoms. The van der Waals surface area contributed by atoms with Gasteiger partial charge in [-0.1, -0.05) is 42.6 Å². The van der Waals surface area contributed by atoms with Gasteiger partial charge in [0.1, 0.15) is 0 Å². The minimum absolute atomic E-state index is 0.0302. The highest BCUT2D eigenvalue weighted by Gasteiger charge is 2.28. The molecule has 1 amide bonds. The van der Waals surface area contributed by atoms with E-state index in [9.17, 15) is 4.79 Å². The Bertz CT molecular complexity index is 889. The lowest BCUT2D eigenvalue weighted by Crippen LogP contribution is -2.42. The van der Waals surface area contributed by atoms with Crippen molar-refractivity contribution in [2.75, 3.05) is 6.54 Å². The van der Waals surface area contributed by atoms with Crippen LogP contribution >= 0.6 is 0 Å². The molecular weight excluding hydrogens is 326 g/mol. The molecule has 0 saturated heterocycles. The van der Waals surface area contributed by atoms with Crippen LogP contribution in [0.2, 0.25) is 0 Å². The van der Waals surface area contributed by atoms with Crippen molar-refractivity contribution in [3.8, 4) is 0 Å². The largest absolute Gasteiger partial charge is 0.361 e. The molecule has 2 aromatic heterocycles. The highest BCUT2D eigenvalue weighted by molar-refractivity contribution is 5.91. The third-order valence-corrected chi connectivity index (χ3v) is 5.41. The maximum atomic E-state index is 13.1. The molecule has 26 heavy (non-hydrogen) atoms. The Hall–Kier alpha value is -2.56. The van der Waals surface area contributed by atoms with Crippen molar-refractivity contribution < 1.29 is 9.32 Å². The standard InChI is InChI=1S/C21H25N3O2/c1-15-13-20(26-23-15)21(25)24(17-7-3-2-4-8-17)12-11-16-14-22-19-10-6-5-9-18(16)19/h5-6,9-10,13-14,17,22H,2-4,7-8,11-12H2,1H3. The molecule has 0 bridgehead atoms. The summed E-state index contributed by atoms with van der Waals surface area (Å²) in [6.07, 6.45) is 8.70. The van der Waals surface area contributed by atoms with E-state index in [1.165, 1.54) is 30.2 Å². The molecule has 4 rings (SSSR count). The van der Waals surface area contributed by atoms with Gasteiger partial charge in [0.25, 0.3) is 5.91 Å². The molecule has 3 aromatic rings. The lowest BCUT2D eigenvalue weighted by molar-refractivity contribution is 0.0595. The van der Waals surface area contributed by atoms with Crippen LogP contribution in [-0.2, 0) is 6.42 Å². The molecular formula is C21H25N3O2. The molecule has 0 unspecified atom stereocenters. The minimum atomic E-state index is -0.0302. The highest BCUT2D eigenvalue weighted by Crippen LogP contribution is 2.25. The maximum Gasteiger partial charge on any atom is 0.292 e. The van der Waals surface area contributed by atoms with E-state index in [-0.39, 0.29) is 5.91 Å². The number of aryl methyl sites for hydroxylation is 1. The van der Waals surface area contributed by atoms with E-state index in [4.69, 9.17) is 4.52 Å². The first-order chi connectivity index (χ1) is 12.7. The summed E-state index contributed by atoms with van der Waals surface area (Å²) < 4.78 is 5.26. The van der Waals surface area contributed by atoms with Gasteiger partial charge in [-0.05, 0) is 37.8 Å². The number of H-pyrrole nitrogens is 1. The van der Waals surface area contributed by atoms with Crippen LogP contribution < -0.4 is 0 Å². The van der Waals surface area contributed by atoms with Gasteiger partial charge in [-0.15, -0.1) is 0 Å². The Kier molecular flexibility index (Phi) is 4.78. The second kappa shape index (κ2) is 7.36. The van der Waals surface area contributed by atoms with Crippen molar-refractivity contribution in [3.63, 3.8) is 0 Å². The van der Waals surface area contributed by atoms with E-state index >= 15 is 0 Å². The lowest BCUT2D eigenvalue weighted by atomic mass is 9.93. The molecule has 1 N–H and O–H groups in total. The Labute approximate surface area is 153 Å². The van der Waals surface area contributed by atoms with Crippen molar-refractivity contribution in [2.24, 2.45) is 0 Å². The minimum Gasteiger partial charge on any atom is -0.361 e. The third kappa shape index (κ3) is 3.39. The molecule has 0 radical (unpaired) electrons. The summed E-state index contributed by atoms with van der Waals surface area (Å²) in [6.45, 7) is 2.54. The van der Waals surface area contributed by atoms with Crippen LogP contribution in [0.5, 0.6) is 0 Å². The number of hydrogen-bond acceptors (Lipinski definition) is 3. The van der Waals surface area contributed by atoms with Gasteiger partial charge in [0.15, 0.2) is 0 Å². The van der Waals surface area contributed by atoms with E-state index in [0.29, 0.717) is 18.3 Å². The van der Waals surface area contributed by atoms with Crippen molar-refractivity contribution in [1.82, 2.24) is 15.0 Å². The Morgan fingerprint density at radius 2 is 2.08 bits per heavy atom. The zero-order chi connectivity index (χ0) is 17.9. The van der Waals surface area contributed by atoms with Gasteiger partial charge in [0.05, 0.1) is 5.69 Å². The molecule has 1 aromatic carbocycles. The van der Waals surface area contributed by atoms with Crippen LogP contribution in [0.25, 0.3) is 10.9 Å². The Morgan fingerprint density at radius 3 is 2.85 bits per heavy atom. The van der Waals surface area contributed by atoms with Crippen molar-refractivity contribution in [2.45, 2.75) is 51.5 Å². The van der Waals surface area contributed by atoms with Crippen molar-refractivity contribution in [1.29, 1.82) is 0 Å². The van der Waals surface area contributed by atoms with E-state index in [2.05, 4.69) is 34.5 Å². The number of carbonyl (C=O) groups is 1. The summed E-state index contributed by atoms with van der Waals surface area (Å²) in [5.41, 5.74) is 3.14. The van der Waals surface area contributed by atoms with Crippen LogP contribution in [0.3, 0.4) is 0 Å². The molecule has 1 aliphatic carbocycles. The first kappa shape index (κ1) is 16.9. The number of hydrogen-bond donors (Lipinski definition) is 1. The first-order valence-corrected chi connectivity index (χ1v) is 9.51. The molecule has 0 atom stereocenters. The summed E-state index contributed by atoms with van der Waals surface area (Å²) in [5, 5.41) is 5.12. The number of rotatable bonds is 5. The molecule has 1 fully saturated rings. The molecule has 5 nitrogen and oxygen atoms in total. The van der Waals surface area contributed by atoms with Crippen LogP contribution in [0.4, 0.5) is 0 Å². The molecule has 136 valence electrons. The molecule has 0 aliphatic heterocycles. The zero-order valence-electron chi connectivity index (χ0n) is 15.2. The average Bonchev–Trinajstić information content (AvgIpc) is 3.29. The molecule has 1 aliphatic rings. The van der Waals surface area contributed by atoms with E-state index in [1.807, 2.05) is 17.9 Å². The maximum absolute atomic E-state index is 13.1. The number of nitrogens with one attached hydrogen (secondary N) is 1. The SMILES string of the molecule is Cc1cc(C(=O)N(CCc2c[nH]c3ccccc23)C2CCCCC2)on1. The number of fused-ring (bicyclic) bond motifs is 1. The lowest BCUT2D eigenvalue weighted by Gasteiger charge is -2.33. The summed E-state index contributed by atoms with van der Waals surface area (Å²) in [6, 6.07) is 10.3. The van der Waals surface area contributed by atoms with E-state index in [1.54, 1.807) is 6.07 Å². The molecule has 2 heterocycles. The third-order valence-electron chi connectivity index (χ3n) is 5.41. The number of benzene rings is 1. The van der Waals surface area contributed by atoms with Gasteiger partial charge in [-0.25, -0.2) is 0 Å². The monoisotopic (exact) mass is 351 g/mol. The Balaban J connectivity index is 1.55. The zero-order valence-corrected chi connectivity index (χ0v) is 15.2. The molecule has 5 heteroatoms. The quantitative estimate of drug-likeness (QED) is 0.737. The predicted octanol–water partition coefficient (Wildman–Crippen LogP) is 4.48. The number of nitrogens with zero attached hydrogens (tertiary/aromatic N) is 2. The fraction of sp³-hybridized carbons (Fsp3) is 0.429. The van der Waals surface area contributed by atoms with Crippen LogP contribution in [0, 0.1) is 6.92 Å². The van der Waals surface area contributed by atoms with Crippen molar-refractivity contribution >= 4 is 16.8 Å². The summed E-state index contributed by atoms with van der Waals surface area (Å²) in [4.78, 5) is 18.4.